The smallest absolute Gasteiger partial charge is 0.317 e. The van der Waals surface area contributed by atoms with Crippen LogP contribution in [0.25, 0.3) is 0 Å². The molecule has 136 valence electrons. The van der Waals surface area contributed by atoms with E-state index < -0.39 is 5.82 Å². The van der Waals surface area contributed by atoms with Gasteiger partial charge in [-0.15, -0.1) is 0 Å². The van der Waals surface area contributed by atoms with Crippen LogP contribution in [0.1, 0.15) is 32.1 Å². The van der Waals surface area contributed by atoms with Crippen LogP contribution >= 0.6 is 0 Å². The Kier molecular flexibility index (Phi) is 5.53. The fourth-order valence-corrected chi connectivity index (χ4v) is 3.67. The number of likely N-dealkylation sites (tertiary alicyclic amines) is 1. The summed E-state index contributed by atoms with van der Waals surface area (Å²) in [5.41, 5.74) is 0.512. The Morgan fingerprint density at radius 3 is 2.96 bits per heavy atom. The molecule has 3 amide bonds. The maximum Gasteiger partial charge on any atom is 0.317 e. The number of halogens is 1. The number of hydrogen-bond acceptors (Lipinski definition) is 3. The summed E-state index contributed by atoms with van der Waals surface area (Å²) < 4.78 is 13.4. The molecule has 6 nitrogen and oxygen atoms in total. The molecule has 0 aromatic heterocycles. The predicted molar refractivity (Wildman–Crippen MR) is 91.7 cm³/mol. The zero-order valence-corrected chi connectivity index (χ0v) is 14.2. The van der Waals surface area contributed by atoms with Crippen LogP contribution in [0.2, 0.25) is 0 Å². The van der Waals surface area contributed by atoms with E-state index in [2.05, 4.69) is 5.32 Å². The Hall–Kier alpha value is -2.15. The van der Waals surface area contributed by atoms with Crippen molar-refractivity contribution in [1.82, 2.24) is 10.2 Å². The van der Waals surface area contributed by atoms with Gasteiger partial charge in [0.2, 0.25) is 5.91 Å². The number of benzene rings is 1. The first-order valence-electron chi connectivity index (χ1n) is 8.82. The number of carbonyl (C=O) groups is 2. The zero-order chi connectivity index (χ0) is 17.8. The third-order valence-electron chi connectivity index (χ3n) is 4.92. The molecule has 1 aromatic carbocycles. The first-order chi connectivity index (χ1) is 12.1. The van der Waals surface area contributed by atoms with Crippen molar-refractivity contribution in [2.75, 3.05) is 24.6 Å². The summed E-state index contributed by atoms with van der Waals surface area (Å²) in [6.07, 6.45) is 3.69. The Morgan fingerprint density at radius 2 is 2.20 bits per heavy atom. The van der Waals surface area contributed by atoms with E-state index in [1.54, 1.807) is 17.0 Å². The van der Waals surface area contributed by atoms with Crippen molar-refractivity contribution >= 4 is 17.6 Å². The Bertz CT molecular complexity index is 638. The normalized spacial score (nSPS) is 23.8. The molecule has 3 rings (SSSR count). The van der Waals surface area contributed by atoms with E-state index in [-0.39, 0.29) is 37.0 Å². The number of piperidine rings is 1. The van der Waals surface area contributed by atoms with Crippen molar-refractivity contribution in [2.24, 2.45) is 0 Å². The van der Waals surface area contributed by atoms with E-state index in [0.717, 1.165) is 19.3 Å². The number of aliphatic hydroxyl groups excluding tert-OH is 1. The van der Waals surface area contributed by atoms with Gasteiger partial charge in [0.1, 0.15) is 5.82 Å². The van der Waals surface area contributed by atoms with Crippen molar-refractivity contribution in [2.45, 2.75) is 44.2 Å². The van der Waals surface area contributed by atoms with Crippen LogP contribution in [-0.4, -0.2) is 53.7 Å². The van der Waals surface area contributed by atoms with Crippen LogP contribution in [0, 0.1) is 5.82 Å². The van der Waals surface area contributed by atoms with Gasteiger partial charge in [-0.25, -0.2) is 9.18 Å². The minimum absolute atomic E-state index is 0.0511. The summed E-state index contributed by atoms with van der Waals surface area (Å²) in [5.74, 6) is -0.514. The van der Waals surface area contributed by atoms with Gasteiger partial charge < -0.3 is 20.2 Å². The second-order valence-corrected chi connectivity index (χ2v) is 6.69. The molecule has 2 N–H and O–H groups in total. The van der Waals surface area contributed by atoms with Gasteiger partial charge in [0, 0.05) is 37.8 Å². The SMILES string of the molecule is O=C1C[C@@H](NC(=O)N2CCCC[C@@H]2CCO)CN1c1cccc(F)c1. The van der Waals surface area contributed by atoms with E-state index in [0.29, 0.717) is 25.2 Å². The Labute approximate surface area is 146 Å². The number of amides is 3. The van der Waals surface area contributed by atoms with Crippen LogP contribution in [-0.2, 0) is 4.79 Å². The van der Waals surface area contributed by atoms with Gasteiger partial charge in [0.05, 0.1) is 6.04 Å². The first-order valence-corrected chi connectivity index (χ1v) is 8.82. The minimum atomic E-state index is -0.391. The molecule has 2 aliphatic heterocycles. The third-order valence-corrected chi connectivity index (χ3v) is 4.92. The largest absolute Gasteiger partial charge is 0.396 e. The van der Waals surface area contributed by atoms with Gasteiger partial charge >= 0.3 is 6.03 Å². The maximum absolute atomic E-state index is 13.4. The molecule has 7 heteroatoms. The first kappa shape index (κ1) is 17.7. The minimum Gasteiger partial charge on any atom is -0.396 e. The van der Waals surface area contributed by atoms with Crippen LogP contribution in [0.3, 0.4) is 0 Å². The van der Waals surface area contributed by atoms with Crippen LogP contribution in [0.4, 0.5) is 14.9 Å². The highest BCUT2D eigenvalue weighted by Gasteiger charge is 2.34. The summed E-state index contributed by atoms with van der Waals surface area (Å²) >= 11 is 0. The average molecular weight is 349 g/mol. The van der Waals surface area contributed by atoms with Crippen molar-refractivity contribution in [3.63, 3.8) is 0 Å². The zero-order valence-electron chi connectivity index (χ0n) is 14.2. The van der Waals surface area contributed by atoms with Crippen molar-refractivity contribution in [3.05, 3.63) is 30.1 Å². The van der Waals surface area contributed by atoms with Crippen molar-refractivity contribution in [3.8, 4) is 0 Å². The number of aliphatic hydroxyl groups is 1. The van der Waals surface area contributed by atoms with Gasteiger partial charge in [0.15, 0.2) is 0 Å². The Morgan fingerprint density at radius 1 is 1.36 bits per heavy atom. The quantitative estimate of drug-likeness (QED) is 0.872. The van der Waals surface area contributed by atoms with Gasteiger partial charge in [-0.2, -0.15) is 0 Å². The predicted octanol–water partition coefficient (Wildman–Crippen LogP) is 1.88. The maximum atomic E-state index is 13.4. The lowest BCUT2D eigenvalue weighted by Crippen LogP contribution is -2.52. The van der Waals surface area contributed by atoms with Gasteiger partial charge in [-0.3, -0.25) is 4.79 Å². The molecule has 2 fully saturated rings. The molecule has 2 saturated heterocycles. The van der Waals surface area contributed by atoms with E-state index in [1.807, 2.05) is 0 Å². The molecule has 1 aromatic rings. The highest BCUT2D eigenvalue weighted by Crippen LogP contribution is 2.23. The third kappa shape index (κ3) is 4.10. The number of nitrogens with zero attached hydrogens (tertiary/aromatic N) is 2. The lowest BCUT2D eigenvalue weighted by Gasteiger charge is -2.36. The van der Waals surface area contributed by atoms with Crippen molar-refractivity contribution < 1.29 is 19.1 Å². The lowest BCUT2D eigenvalue weighted by molar-refractivity contribution is -0.117. The van der Waals surface area contributed by atoms with Gasteiger partial charge in [-0.05, 0) is 43.9 Å². The Balaban J connectivity index is 1.61. The van der Waals surface area contributed by atoms with E-state index >= 15 is 0 Å². The van der Waals surface area contributed by atoms with Crippen LogP contribution in [0.5, 0.6) is 0 Å². The number of anilines is 1. The number of urea groups is 1. The fraction of sp³-hybridized carbons (Fsp3) is 0.556. The second-order valence-electron chi connectivity index (χ2n) is 6.69. The van der Waals surface area contributed by atoms with E-state index in [1.165, 1.54) is 17.0 Å². The van der Waals surface area contributed by atoms with Gasteiger partial charge in [-0.1, -0.05) is 6.07 Å². The molecule has 0 aliphatic carbocycles. The molecule has 2 aliphatic rings. The van der Waals surface area contributed by atoms with Gasteiger partial charge in [0.25, 0.3) is 0 Å². The number of carbonyl (C=O) groups excluding carboxylic acids is 2. The summed E-state index contributed by atoms with van der Waals surface area (Å²) in [7, 11) is 0. The molecule has 0 bridgehead atoms. The molecule has 2 heterocycles. The molecule has 2 atom stereocenters. The average Bonchev–Trinajstić information content (AvgIpc) is 2.96. The monoisotopic (exact) mass is 349 g/mol. The summed E-state index contributed by atoms with van der Waals surface area (Å²) in [5, 5.41) is 12.1. The fourth-order valence-electron chi connectivity index (χ4n) is 3.67. The number of hydrogen-bond donors (Lipinski definition) is 2. The molecule has 25 heavy (non-hydrogen) atoms. The van der Waals surface area contributed by atoms with E-state index in [9.17, 15) is 19.1 Å². The molecule has 0 unspecified atom stereocenters. The summed E-state index contributed by atoms with van der Waals surface area (Å²) in [6.45, 7) is 1.07. The number of nitrogens with one attached hydrogen (secondary N) is 1. The molecule has 0 spiro atoms. The highest BCUT2D eigenvalue weighted by atomic mass is 19.1. The van der Waals surface area contributed by atoms with Crippen LogP contribution in [0.15, 0.2) is 24.3 Å². The second kappa shape index (κ2) is 7.82. The van der Waals surface area contributed by atoms with Crippen molar-refractivity contribution in [1.29, 1.82) is 0 Å². The highest BCUT2D eigenvalue weighted by molar-refractivity contribution is 5.96. The molecular formula is C18H24FN3O3. The lowest BCUT2D eigenvalue weighted by atomic mass is 10.00. The van der Waals surface area contributed by atoms with E-state index in [4.69, 9.17) is 0 Å². The molecular weight excluding hydrogens is 325 g/mol. The molecule has 0 saturated carbocycles. The standard InChI is InChI=1S/C18H24FN3O3/c19-13-4-3-6-16(10-13)22-12-14(11-17(22)24)20-18(25)21-8-2-1-5-15(21)7-9-23/h3-4,6,10,14-15,23H,1-2,5,7-9,11-12H2,(H,20,25)/t14-,15-/m1/s1. The topological polar surface area (TPSA) is 72.9 Å². The molecule has 0 radical (unpaired) electrons. The van der Waals surface area contributed by atoms with Crippen LogP contribution < -0.4 is 10.2 Å². The summed E-state index contributed by atoms with van der Waals surface area (Å²) in [4.78, 5) is 28.1. The summed E-state index contributed by atoms with van der Waals surface area (Å²) in [6, 6.07) is 5.49. The number of rotatable bonds is 4.